The van der Waals surface area contributed by atoms with Crippen LogP contribution in [0.15, 0.2) is 0 Å². The molecule has 1 spiro atoms. The van der Waals surface area contributed by atoms with Crippen LogP contribution in [0.2, 0.25) is 0 Å². The number of nitrogens with two attached hydrogens (primary N) is 1. The number of carbonyl (C=O) groups is 1. The van der Waals surface area contributed by atoms with E-state index in [4.69, 9.17) is 5.73 Å². The number of nitrogens with one attached hydrogen (secondary N) is 1. The molecule has 0 radical (unpaired) electrons. The van der Waals surface area contributed by atoms with Crippen molar-refractivity contribution in [3.8, 4) is 0 Å². The fraction of sp³-hybridized carbons (Fsp3) is 0.875. The third-order valence-corrected chi connectivity index (χ3v) is 2.78. The molecule has 1 atom stereocenters. The minimum absolute atomic E-state index is 0.131. The van der Waals surface area contributed by atoms with Crippen molar-refractivity contribution in [2.45, 2.75) is 18.4 Å². The Bertz CT molecular complexity index is 196. The number of hydrogen-bond donors (Lipinski definition) is 2. The van der Waals surface area contributed by atoms with Crippen molar-refractivity contribution in [3.05, 3.63) is 0 Å². The average molecular weight is 169 g/mol. The molecule has 1 amide bonds. The van der Waals surface area contributed by atoms with Crippen LogP contribution in [0, 0.1) is 0 Å². The van der Waals surface area contributed by atoms with E-state index in [-0.39, 0.29) is 11.4 Å². The Morgan fingerprint density at radius 1 is 1.67 bits per heavy atom. The van der Waals surface area contributed by atoms with Crippen LogP contribution in [0.4, 0.5) is 0 Å². The van der Waals surface area contributed by atoms with Crippen LogP contribution in [-0.4, -0.2) is 42.5 Å². The molecule has 2 aliphatic rings. The lowest BCUT2D eigenvalue weighted by Gasteiger charge is -2.38. The van der Waals surface area contributed by atoms with Crippen LogP contribution in [-0.2, 0) is 4.79 Å². The zero-order valence-corrected chi connectivity index (χ0v) is 7.18. The first-order valence-corrected chi connectivity index (χ1v) is 4.48. The van der Waals surface area contributed by atoms with Crippen LogP contribution in [0.1, 0.15) is 12.8 Å². The normalized spacial score (nSPS) is 35.2. The van der Waals surface area contributed by atoms with Crippen molar-refractivity contribution < 1.29 is 4.79 Å². The zero-order valence-electron chi connectivity index (χ0n) is 7.18. The van der Waals surface area contributed by atoms with E-state index in [1.165, 1.54) is 0 Å². The number of nitrogens with zero attached hydrogens (tertiary/aromatic N) is 1. The summed E-state index contributed by atoms with van der Waals surface area (Å²) < 4.78 is 0. The summed E-state index contributed by atoms with van der Waals surface area (Å²) in [6.45, 7) is 3.75. The third kappa shape index (κ3) is 1.21. The Hall–Kier alpha value is -0.610. The van der Waals surface area contributed by atoms with Gasteiger partial charge in [0.2, 0.25) is 5.91 Å². The molecule has 2 saturated heterocycles. The molecule has 2 rings (SSSR count). The van der Waals surface area contributed by atoms with Gasteiger partial charge in [-0.25, -0.2) is 0 Å². The lowest BCUT2D eigenvalue weighted by molar-refractivity contribution is -0.132. The second kappa shape index (κ2) is 2.71. The highest BCUT2D eigenvalue weighted by atomic mass is 16.2. The fourth-order valence-electron chi connectivity index (χ4n) is 2.16. The molecule has 68 valence electrons. The van der Waals surface area contributed by atoms with Crippen molar-refractivity contribution in [2.24, 2.45) is 5.73 Å². The van der Waals surface area contributed by atoms with Gasteiger partial charge in [0.05, 0.1) is 12.0 Å². The Morgan fingerprint density at radius 3 is 3.00 bits per heavy atom. The number of carbonyl (C=O) groups excluding carboxylic acids is 1. The van der Waals surface area contributed by atoms with E-state index >= 15 is 0 Å². The molecule has 1 unspecified atom stereocenters. The summed E-state index contributed by atoms with van der Waals surface area (Å²) in [5, 5.41) is 2.99. The quantitative estimate of drug-likeness (QED) is 0.516. The SMILES string of the molecule is NCCN1CCC2(CC(=O)N2)C1. The van der Waals surface area contributed by atoms with Gasteiger partial charge in [-0.3, -0.25) is 9.69 Å². The molecule has 0 aromatic carbocycles. The maximum absolute atomic E-state index is 10.8. The van der Waals surface area contributed by atoms with Gasteiger partial charge >= 0.3 is 0 Å². The van der Waals surface area contributed by atoms with E-state index in [0.717, 1.165) is 26.1 Å². The van der Waals surface area contributed by atoms with E-state index in [1.54, 1.807) is 0 Å². The van der Waals surface area contributed by atoms with Crippen molar-refractivity contribution in [1.29, 1.82) is 0 Å². The van der Waals surface area contributed by atoms with Crippen LogP contribution >= 0.6 is 0 Å². The second-order valence-electron chi connectivity index (χ2n) is 3.82. The van der Waals surface area contributed by atoms with Gasteiger partial charge in [-0.15, -0.1) is 0 Å². The topological polar surface area (TPSA) is 58.4 Å². The minimum atomic E-state index is 0.131. The third-order valence-electron chi connectivity index (χ3n) is 2.78. The number of rotatable bonds is 2. The Morgan fingerprint density at radius 2 is 2.42 bits per heavy atom. The van der Waals surface area contributed by atoms with E-state index < -0.39 is 0 Å². The molecular weight excluding hydrogens is 154 g/mol. The van der Waals surface area contributed by atoms with Gasteiger partial charge in [0.25, 0.3) is 0 Å². The van der Waals surface area contributed by atoms with Gasteiger partial charge in [-0.05, 0) is 6.42 Å². The van der Waals surface area contributed by atoms with Crippen molar-refractivity contribution in [2.75, 3.05) is 26.2 Å². The molecule has 4 heteroatoms. The first-order chi connectivity index (χ1) is 5.74. The Kier molecular flexibility index (Phi) is 1.81. The maximum Gasteiger partial charge on any atom is 0.222 e. The summed E-state index contributed by atoms with van der Waals surface area (Å²) in [4.78, 5) is 13.1. The van der Waals surface area contributed by atoms with Crippen LogP contribution < -0.4 is 11.1 Å². The van der Waals surface area contributed by atoms with E-state index in [2.05, 4.69) is 10.2 Å². The summed E-state index contributed by atoms with van der Waals surface area (Å²) in [5.74, 6) is 0.199. The van der Waals surface area contributed by atoms with Gasteiger partial charge in [0.15, 0.2) is 0 Å². The highest BCUT2D eigenvalue weighted by Crippen LogP contribution is 2.30. The van der Waals surface area contributed by atoms with Gasteiger partial charge in [0.1, 0.15) is 0 Å². The van der Waals surface area contributed by atoms with Crippen molar-refractivity contribution in [1.82, 2.24) is 10.2 Å². The molecule has 0 bridgehead atoms. The average Bonchev–Trinajstić information content (AvgIpc) is 2.33. The first kappa shape index (κ1) is 8.01. The van der Waals surface area contributed by atoms with Gasteiger partial charge < -0.3 is 11.1 Å². The predicted molar refractivity (Wildman–Crippen MR) is 45.6 cm³/mol. The summed E-state index contributed by atoms with van der Waals surface area (Å²) in [6, 6.07) is 0. The Labute approximate surface area is 72.1 Å². The van der Waals surface area contributed by atoms with Gasteiger partial charge in [-0.2, -0.15) is 0 Å². The second-order valence-corrected chi connectivity index (χ2v) is 3.82. The van der Waals surface area contributed by atoms with Crippen molar-refractivity contribution in [3.63, 3.8) is 0 Å². The molecule has 2 aliphatic heterocycles. The van der Waals surface area contributed by atoms with Gasteiger partial charge in [-0.1, -0.05) is 0 Å². The summed E-state index contributed by atoms with van der Waals surface area (Å²) in [6.07, 6.45) is 1.81. The summed E-state index contributed by atoms with van der Waals surface area (Å²) in [7, 11) is 0. The number of amides is 1. The van der Waals surface area contributed by atoms with Crippen LogP contribution in [0.25, 0.3) is 0 Å². The number of β-lactam (4-membered cyclic amide) rings is 1. The fourth-order valence-corrected chi connectivity index (χ4v) is 2.16. The van der Waals surface area contributed by atoms with Crippen LogP contribution in [0.5, 0.6) is 0 Å². The molecule has 2 heterocycles. The number of hydrogen-bond acceptors (Lipinski definition) is 3. The van der Waals surface area contributed by atoms with E-state index in [1.807, 2.05) is 0 Å². The largest absolute Gasteiger partial charge is 0.349 e. The lowest BCUT2D eigenvalue weighted by atomic mass is 9.86. The predicted octanol–water partition coefficient (Wildman–Crippen LogP) is -1.09. The summed E-state index contributed by atoms with van der Waals surface area (Å²) >= 11 is 0. The van der Waals surface area contributed by atoms with E-state index in [0.29, 0.717) is 13.0 Å². The summed E-state index contributed by atoms with van der Waals surface area (Å²) in [5.41, 5.74) is 5.59. The Balaban J connectivity index is 1.86. The molecule has 0 saturated carbocycles. The molecule has 4 nitrogen and oxygen atoms in total. The molecule has 0 aliphatic carbocycles. The molecule has 0 aromatic heterocycles. The van der Waals surface area contributed by atoms with Crippen LogP contribution in [0.3, 0.4) is 0 Å². The molecular formula is C8H15N3O. The van der Waals surface area contributed by atoms with E-state index in [9.17, 15) is 4.79 Å². The van der Waals surface area contributed by atoms with Crippen molar-refractivity contribution >= 4 is 5.91 Å². The number of likely N-dealkylation sites (tertiary alicyclic amines) is 1. The monoisotopic (exact) mass is 169 g/mol. The highest BCUT2D eigenvalue weighted by molar-refractivity contribution is 5.85. The maximum atomic E-state index is 10.8. The minimum Gasteiger partial charge on any atom is -0.349 e. The lowest BCUT2D eigenvalue weighted by Crippen LogP contribution is -2.62. The smallest absolute Gasteiger partial charge is 0.222 e. The molecule has 2 fully saturated rings. The first-order valence-electron chi connectivity index (χ1n) is 4.48. The molecule has 3 N–H and O–H groups in total. The molecule has 12 heavy (non-hydrogen) atoms. The highest BCUT2D eigenvalue weighted by Gasteiger charge is 2.47. The molecule has 0 aromatic rings. The standard InChI is InChI=1S/C8H15N3O/c9-2-4-11-3-1-8(6-11)5-7(12)10-8/h1-6,9H2,(H,10,12). The van der Waals surface area contributed by atoms with Gasteiger partial charge in [0, 0.05) is 26.2 Å². The zero-order chi connectivity index (χ0) is 8.60.